The van der Waals surface area contributed by atoms with Gasteiger partial charge in [-0.2, -0.15) is 0 Å². The van der Waals surface area contributed by atoms with Crippen molar-refractivity contribution in [2.75, 3.05) is 10.6 Å². The maximum absolute atomic E-state index is 11.6. The number of nitro groups is 1. The summed E-state index contributed by atoms with van der Waals surface area (Å²) >= 11 is 5.95. The normalized spacial score (nSPS) is 10.4. The molecule has 0 fully saturated rings. The van der Waals surface area contributed by atoms with Gasteiger partial charge in [-0.25, -0.2) is 15.0 Å². The summed E-state index contributed by atoms with van der Waals surface area (Å²) in [7, 11) is 0. The van der Waals surface area contributed by atoms with E-state index in [0.717, 1.165) is 11.3 Å². The quantitative estimate of drug-likeness (QED) is 0.501. The highest BCUT2D eigenvalue weighted by atomic mass is 35.5. The van der Waals surface area contributed by atoms with E-state index < -0.39 is 4.92 Å². The first-order chi connectivity index (χ1) is 12.4. The van der Waals surface area contributed by atoms with E-state index in [1.165, 1.54) is 6.33 Å². The first kappa shape index (κ1) is 17.6. The Morgan fingerprint density at radius 2 is 1.81 bits per heavy atom. The molecule has 0 atom stereocenters. The summed E-state index contributed by atoms with van der Waals surface area (Å²) in [6.07, 6.45) is 1.25. The fourth-order valence-electron chi connectivity index (χ4n) is 2.36. The number of hydrogen-bond donors (Lipinski definition) is 2. The zero-order valence-corrected chi connectivity index (χ0v) is 14.8. The second-order valence-corrected chi connectivity index (χ2v) is 5.99. The fraction of sp³-hybridized carbons (Fsp3) is 0.118. The highest BCUT2D eigenvalue weighted by Gasteiger charge is 2.24. The minimum Gasteiger partial charge on any atom is -0.334 e. The number of pyridine rings is 1. The van der Waals surface area contributed by atoms with E-state index in [9.17, 15) is 10.1 Å². The number of aromatic nitrogens is 3. The van der Waals surface area contributed by atoms with E-state index in [4.69, 9.17) is 11.6 Å². The van der Waals surface area contributed by atoms with Crippen molar-refractivity contribution in [3.8, 4) is 0 Å². The van der Waals surface area contributed by atoms with Gasteiger partial charge in [0, 0.05) is 16.4 Å². The Bertz CT molecular complexity index is 979. The molecule has 0 unspecified atom stereocenters. The maximum atomic E-state index is 11.6. The summed E-state index contributed by atoms with van der Waals surface area (Å²) < 4.78 is 0. The van der Waals surface area contributed by atoms with Gasteiger partial charge >= 0.3 is 5.69 Å². The molecule has 0 radical (unpaired) electrons. The summed E-state index contributed by atoms with van der Waals surface area (Å²) in [5, 5.41) is 18.1. The van der Waals surface area contributed by atoms with Crippen LogP contribution in [0.4, 0.5) is 28.8 Å². The minimum atomic E-state index is -0.536. The Morgan fingerprint density at radius 1 is 1.08 bits per heavy atom. The van der Waals surface area contributed by atoms with Crippen LogP contribution in [0.2, 0.25) is 5.02 Å². The first-order valence-electron chi connectivity index (χ1n) is 7.67. The van der Waals surface area contributed by atoms with Crippen molar-refractivity contribution in [1.82, 2.24) is 15.0 Å². The van der Waals surface area contributed by atoms with Crippen LogP contribution in [0.1, 0.15) is 11.3 Å². The average Bonchev–Trinajstić information content (AvgIpc) is 2.57. The Morgan fingerprint density at radius 3 is 2.46 bits per heavy atom. The van der Waals surface area contributed by atoms with E-state index >= 15 is 0 Å². The number of nitrogens with zero attached hydrogens (tertiary/aromatic N) is 4. The molecule has 0 saturated carbocycles. The van der Waals surface area contributed by atoms with Crippen molar-refractivity contribution in [3.63, 3.8) is 0 Å². The zero-order valence-electron chi connectivity index (χ0n) is 14.0. The Balaban J connectivity index is 1.99. The third-order valence-electron chi connectivity index (χ3n) is 3.58. The highest BCUT2D eigenvalue weighted by Crippen LogP contribution is 2.33. The molecule has 0 spiro atoms. The van der Waals surface area contributed by atoms with Gasteiger partial charge in [0.1, 0.15) is 12.1 Å². The number of hydrogen-bond acceptors (Lipinski definition) is 7. The summed E-state index contributed by atoms with van der Waals surface area (Å²) in [5.74, 6) is 0.586. The number of aryl methyl sites for hydroxylation is 2. The van der Waals surface area contributed by atoms with Crippen molar-refractivity contribution in [3.05, 3.63) is 69.1 Å². The van der Waals surface area contributed by atoms with Gasteiger partial charge in [0.05, 0.1) is 4.92 Å². The van der Waals surface area contributed by atoms with Crippen LogP contribution in [0.5, 0.6) is 0 Å². The molecule has 3 aromatic rings. The van der Waals surface area contributed by atoms with Crippen LogP contribution in [0, 0.1) is 24.0 Å². The second kappa shape index (κ2) is 7.32. The predicted molar refractivity (Wildman–Crippen MR) is 100 cm³/mol. The summed E-state index contributed by atoms with van der Waals surface area (Å²) in [5.41, 5.74) is 2.00. The van der Waals surface area contributed by atoms with Crippen molar-refractivity contribution >= 4 is 40.4 Å². The van der Waals surface area contributed by atoms with Gasteiger partial charge in [-0.05, 0) is 49.7 Å². The number of nitrogens with one attached hydrogen (secondary N) is 2. The van der Waals surface area contributed by atoms with Crippen molar-refractivity contribution in [1.29, 1.82) is 0 Å². The molecule has 2 heterocycles. The van der Waals surface area contributed by atoms with Gasteiger partial charge in [-0.3, -0.25) is 10.1 Å². The van der Waals surface area contributed by atoms with Gasteiger partial charge < -0.3 is 10.6 Å². The van der Waals surface area contributed by atoms with Crippen molar-refractivity contribution < 1.29 is 4.92 Å². The van der Waals surface area contributed by atoms with Gasteiger partial charge in [0.25, 0.3) is 0 Å². The monoisotopic (exact) mass is 370 g/mol. The molecule has 0 aliphatic heterocycles. The molecular formula is C17H15ClN6O2. The molecule has 0 aliphatic carbocycles. The molecular weight excluding hydrogens is 356 g/mol. The predicted octanol–water partition coefficient (Wildman–Crippen LogP) is 4.54. The van der Waals surface area contributed by atoms with E-state index in [0.29, 0.717) is 16.5 Å². The van der Waals surface area contributed by atoms with Crippen LogP contribution in [0.15, 0.2) is 42.7 Å². The number of benzene rings is 1. The van der Waals surface area contributed by atoms with Crippen LogP contribution in [0.25, 0.3) is 0 Å². The van der Waals surface area contributed by atoms with E-state index in [-0.39, 0.29) is 17.3 Å². The molecule has 3 rings (SSSR count). The topological polar surface area (TPSA) is 106 Å². The Labute approximate surface area is 154 Å². The van der Waals surface area contributed by atoms with Gasteiger partial charge in [0.2, 0.25) is 11.6 Å². The van der Waals surface area contributed by atoms with E-state index in [1.807, 2.05) is 19.9 Å². The van der Waals surface area contributed by atoms with Gasteiger partial charge in [-0.1, -0.05) is 17.7 Å². The molecule has 26 heavy (non-hydrogen) atoms. The zero-order chi connectivity index (χ0) is 18.7. The number of anilines is 4. The SMILES string of the molecule is Cc1cccc(Nc2ncnc(Nc3ccc(Cl)cc3C)c2[N+](=O)[O-])n1. The summed E-state index contributed by atoms with van der Waals surface area (Å²) in [4.78, 5) is 23.4. The van der Waals surface area contributed by atoms with Crippen LogP contribution >= 0.6 is 11.6 Å². The average molecular weight is 371 g/mol. The summed E-state index contributed by atoms with van der Waals surface area (Å²) in [6, 6.07) is 10.5. The molecule has 9 heteroatoms. The molecule has 0 saturated heterocycles. The molecule has 0 bridgehead atoms. The molecule has 1 aromatic carbocycles. The van der Waals surface area contributed by atoms with Crippen molar-refractivity contribution in [2.45, 2.75) is 13.8 Å². The van der Waals surface area contributed by atoms with Crippen LogP contribution in [0.3, 0.4) is 0 Å². The molecule has 0 amide bonds. The Hall–Kier alpha value is -3.26. The lowest BCUT2D eigenvalue weighted by Gasteiger charge is -2.11. The standard InChI is InChI=1S/C17H15ClN6O2/c1-10-8-12(18)6-7-13(10)22-16-15(24(25)26)17(20-9-19-16)23-14-5-3-4-11(2)21-14/h3-9H,1-2H3,(H2,19,20,21,22,23). The summed E-state index contributed by atoms with van der Waals surface area (Å²) in [6.45, 7) is 3.67. The van der Waals surface area contributed by atoms with Crippen LogP contribution < -0.4 is 10.6 Å². The lowest BCUT2D eigenvalue weighted by atomic mass is 10.2. The highest BCUT2D eigenvalue weighted by molar-refractivity contribution is 6.30. The van der Waals surface area contributed by atoms with Gasteiger partial charge in [0.15, 0.2) is 0 Å². The second-order valence-electron chi connectivity index (χ2n) is 5.55. The lowest BCUT2D eigenvalue weighted by molar-refractivity contribution is -0.383. The minimum absolute atomic E-state index is 0.0530. The molecule has 8 nitrogen and oxygen atoms in total. The van der Waals surface area contributed by atoms with Crippen LogP contribution in [-0.2, 0) is 0 Å². The van der Waals surface area contributed by atoms with E-state index in [1.54, 1.807) is 30.3 Å². The molecule has 132 valence electrons. The molecule has 2 N–H and O–H groups in total. The number of rotatable bonds is 5. The first-order valence-corrected chi connectivity index (χ1v) is 8.05. The van der Waals surface area contributed by atoms with Crippen LogP contribution in [-0.4, -0.2) is 19.9 Å². The fourth-order valence-corrected chi connectivity index (χ4v) is 2.59. The van der Waals surface area contributed by atoms with Crippen molar-refractivity contribution in [2.24, 2.45) is 0 Å². The van der Waals surface area contributed by atoms with Gasteiger partial charge in [-0.15, -0.1) is 0 Å². The Kier molecular flexibility index (Phi) is 4.94. The smallest absolute Gasteiger partial charge is 0.334 e. The lowest BCUT2D eigenvalue weighted by Crippen LogP contribution is -2.06. The third kappa shape index (κ3) is 3.86. The third-order valence-corrected chi connectivity index (χ3v) is 3.82. The molecule has 0 aliphatic rings. The largest absolute Gasteiger partial charge is 0.353 e. The number of halogens is 1. The maximum Gasteiger partial charge on any atom is 0.353 e. The van der Waals surface area contributed by atoms with E-state index in [2.05, 4.69) is 25.6 Å². The molecule has 2 aromatic heterocycles.